The Labute approximate surface area is 116 Å². The van der Waals surface area contributed by atoms with Gasteiger partial charge in [0.2, 0.25) is 0 Å². The van der Waals surface area contributed by atoms with Crippen molar-refractivity contribution in [2.24, 2.45) is 11.8 Å². The monoisotopic (exact) mass is 250 g/mol. The maximum absolute atomic E-state index is 2.40. The zero-order valence-electron chi connectivity index (χ0n) is 13.1. The lowest BCUT2D eigenvalue weighted by atomic mass is 9.98. The quantitative estimate of drug-likeness (QED) is 0.289. The van der Waals surface area contributed by atoms with Gasteiger partial charge in [0.25, 0.3) is 0 Å². The molecule has 0 rings (SSSR count). The molecule has 0 aliphatic rings. The molecule has 0 amide bonds. The van der Waals surface area contributed by atoms with Gasteiger partial charge in [-0.2, -0.15) is 0 Å². The Bertz CT molecular complexity index is 212. The number of hydrogen-bond acceptors (Lipinski definition) is 0. The Hall–Kier alpha value is -0.520. The molecule has 0 aromatic heterocycles. The van der Waals surface area contributed by atoms with Crippen LogP contribution < -0.4 is 0 Å². The van der Waals surface area contributed by atoms with Crippen LogP contribution >= 0.6 is 0 Å². The molecule has 18 heavy (non-hydrogen) atoms. The first kappa shape index (κ1) is 17.5. The van der Waals surface area contributed by atoms with Crippen molar-refractivity contribution in [1.29, 1.82) is 0 Å². The van der Waals surface area contributed by atoms with Crippen molar-refractivity contribution >= 4 is 0 Å². The molecule has 0 fully saturated rings. The van der Waals surface area contributed by atoms with Crippen LogP contribution in [0.5, 0.6) is 0 Å². The molecule has 2 unspecified atom stereocenters. The summed E-state index contributed by atoms with van der Waals surface area (Å²) >= 11 is 0. The molecule has 2 atom stereocenters. The highest BCUT2D eigenvalue weighted by Crippen LogP contribution is 2.15. The van der Waals surface area contributed by atoms with E-state index in [4.69, 9.17) is 0 Å². The summed E-state index contributed by atoms with van der Waals surface area (Å²) in [6, 6.07) is 0. The van der Waals surface area contributed by atoms with Crippen LogP contribution in [-0.2, 0) is 0 Å². The van der Waals surface area contributed by atoms with Gasteiger partial charge in [0.1, 0.15) is 0 Å². The second-order valence-electron chi connectivity index (χ2n) is 5.73. The van der Waals surface area contributed by atoms with Crippen molar-refractivity contribution in [3.63, 3.8) is 0 Å². The maximum Gasteiger partial charge on any atom is -0.0259 e. The smallest absolute Gasteiger partial charge is 0.0259 e. The third-order valence-corrected chi connectivity index (χ3v) is 3.60. The van der Waals surface area contributed by atoms with Crippen molar-refractivity contribution in [3.8, 4) is 0 Å². The van der Waals surface area contributed by atoms with Gasteiger partial charge in [-0.1, -0.05) is 70.8 Å². The molecular formula is C18H34. The van der Waals surface area contributed by atoms with Crippen LogP contribution in [0.25, 0.3) is 0 Å². The van der Waals surface area contributed by atoms with Gasteiger partial charge in [0.05, 0.1) is 0 Å². The van der Waals surface area contributed by atoms with Crippen LogP contribution in [0.4, 0.5) is 0 Å². The lowest BCUT2D eigenvalue weighted by Gasteiger charge is -2.08. The second kappa shape index (κ2) is 12.9. The molecule has 106 valence electrons. The molecule has 0 heteroatoms. The summed E-state index contributed by atoms with van der Waals surface area (Å²) in [6.45, 7) is 9.08. The number of hydrogen-bond donors (Lipinski definition) is 0. The molecule has 0 aromatic rings. The molecule has 0 aliphatic heterocycles. The molecule has 0 heterocycles. The summed E-state index contributed by atoms with van der Waals surface area (Å²) in [5, 5.41) is 0. The Balaban J connectivity index is 3.41. The van der Waals surface area contributed by atoms with Crippen LogP contribution in [0.1, 0.15) is 79.1 Å². The number of unbranched alkanes of at least 4 members (excludes halogenated alkanes) is 2. The van der Waals surface area contributed by atoms with Gasteiger partial charge >= 0.3 is 0 Å². The highest BCUT2D eigenvalue weighted by molar-refractivity contribution is 4.87. The van der Waals surface area contributed by atoms with Gasteiger partial charge in [0, 0.05) is 0 Å². The molecule has 0 nitrogen and oxygen atoms in total. The SMILES string of the molecule is CC=CC(C)CCC=CCCC(C)CCCCC. The average Bonchev–Trinajstić information content (AvgIpc) is 2.34. The Morgan fingerprint density at radius 2 is 1.56 bits per heavy atom. The molecular weight excluding hydrogens is 216 g/mol. The first-order valence-electron chi connectivity index (χ1n) is 7.98. The van der Waals surface area contributed by atoms with Gasteiger partial charge in [-0.3, -0.25) is 0 Å². The highest BCUT2D eigenvalue weighted by atomic mass is 14.1. The van der Waals surface area contributed by atoms with Crippen molar-refractivity contribution in [1.82, 2.24) is 0 Å². The Kier molecular flexibility index (Phi) is 12.6. The van der Waals surface area contributed by atoms with Gasteiger partial charge in [0.15, 0.2) is 0 Å². The van der Waals surface area contributed by atoms with Gasteiger partial charge in [-0.05, 0) is 44.4 Å². The first-order valence-corrected chi connectivity index (χ1v) is 7.98. The molecule has 0 saturated carbocycles. The number of rotatable bonds is 11. The van der Waals surface area contributed by atoms with Gasteiger partial charge < -0.3 is 0 Å². The van der Waals surface area contributed by atoms with Crippen LogP contribution in [0.15, 0.2) is 24.3 Å². The molecule has 0 spiro atoms. The van der Waals surface area contributed by atoms with Gasteiger partial charge in [-0.25, -0.2) is 0 Å². The minimum absolute atomic E-state index is 0.729. The Morgan fingerprint density at radius 3 is 2.17 bits per heavy atom. The second-order valence-corrected chi connectivity index (χ2v) is 5.73. The molecule has 0 N–H and O–H groups in total. The lowest BCUT2D eigenvalue weighted by Crippen LogP contribution is -1.93. The summed E-state index contributed by atoms with van der Waals surface area (Å²) in [4.78, 5) is 0. The van der Waals surface area contributed by atoms with E-state index in [1.54, 1.807) is 0 Å². The average molecular weight is 250 g/mol. The minimum atomic E-state index is 0.729. The molecule has 0 aliphatic carbocycles. The van der Waals surface area contributed by atoms with E-state index in [1.807, 2.05) is 0 Å². The van der Waals surface area contributed by atoms with Crippen LogP contribution in [-0.4, -0.2) is 0 Å². The zero-order chi connectivity index (χ0) is 13.6. The Morgan fingerprint density at radius 1 is 0.889 bits per heavy atom. The van der Waals surface area contributed by atoms with E-state index >= 15 is 0 Å². The fraction of sp³-hybridized carbons (Fsp3) is 0.778. The third kappa shape index (κ3) is 12.0. The van der Waals surface area contributed by atoms with E-state index in [-0.39, 0.29) is 0 Å². The minimum Gasteiger partial charge on any atom is -0.0914 e. The lowest BCUT2D eigenvalue weighted by molar-refractivity contribution is 0.467. The van der Waals surface area contributed by atoms with Crippen molar-refractivity contribution in [2.75, 3.05) is 0 Å². The van der Waals surface area contributed by atoms with E-state index in [9.17, 15) is 0 Å². The largest absolute Gasteiger partial charge is 0.0914 e. The number of allylic oxidation sites excluding steroid dienone is 4. The third-order valence-electron chi connectivity index (χ3n) is 3.60. The first-order chi connectivity index (χ1) is 8.70. The van der Waals surface area contributed by atoms with Crippen LogP contribution in [0.2, 0.25) is 0 Å². The van der Waals surface area contributed by atoms with E-state index < -0.39 is 0 Å². The van der Waals surface area contributed by atoms with E-state index in [1.165, 1.54) is 51.4 Å². The van der Waals surface area contributed by atoms with E-state index in [2.05, 4.69) is 52.0 Å². The van der Waals surface area contributed by atoms with E-state index in [0.29, 0.717) is 0 Å². The zero-order valence-corrected chi connectivity index (χ0v) is 13.1. The van der Waals surface area contributed by atoms with Crippen molar-refractivity contribution in [3.05, 3.63) is 24.3 Å². The standard InChI is InChI=1S/C18H34/c1-5-7-10-14-18(4)16-12-9-8-11-15-17(3)13-6-2/h6,8-9,13,17-18H,5,7,10-12,14-16H2,1-4H3. The topological polar surface area (TPSA) is 0 Å². The summed E-state index contributed by atoms with van der Waals surface area (Å²) in [6.07, 6.45) is 20.0. The molecule has 0 aromatic carbocycles. The molecule has 0 bridgehead atoms. The predicted molar refractivity (Wildman–Crippen MR) is 84.9 cm³/mol. The normalized spacial score (nSPS) is 15.6. The maximum atomic E-state index is 2.40. The highest BCUT2D eigenvalue weighted by Gasteiger charge is 1.99. The summed E-state index contributed by atoms with van der Waals surface area (Å²) < 4.78 is 0. The molecule has 0 radical (unpaired) electrons. The van der Waals surface area contributed by atoms with Crippen molar-refractivity contribution < 1.29 is 0 Å². The van der Waals surface area contributed by atoms with E-state index in [0.717, 1.165) is 11.8 Å². The molecule has 0 saturated heterocycles. The fourth-order valence-electron chi connectivity index (χ4n) is 2.29. The summed E-state index contributed by atoms with van der Waals surface area (Å²) in [5.41, 5.74) is 0. The van der Waals surface area contributed by atoms with Crippen LogP contribution in [0, 0.1) is 11.8 Å². The predicted octanol–water partition coefficient (Wildman–Crippen LogP) is 6.53. The fourth-order valence-corrected chi connectivity index (χ4v) is 2.29. The van der Waals surface area contributed by atoms with Crippen molar-refractivity contribution in [2.45, 2.75) is 79.1 Å². The summed E-state index contributed by atoms with van der Waals surface area (Å²) in [5.74, 6) is 1.63. The van der Waals surface area contributed by atoms with Gasteiger partial charge in [-0.15, -0.1) is 0 Å². The summed E-state index contributed by atoms with van der Waals surface area (Å²) in [7, 11) is 0. The van der Waals surface area contributed by atoms with Crippen LogP contribution in [0.3, 0.4) is 0 Å².